The van der Waals surface area contributed by atoms with Crippen LogP contribution in [0.1, 0.15) is 41.8 Å². The predicted octanol–water partition coefficient (Wildman–Crippen LogP) is 2.56. The van der Waals surface area contributed by atoms with Gasteiger partial charge < -0.3 is 14.6 Å². The predicted molar refractivity (Wildman–Crippen MR) is 80.4 cm³/mol. The van der Waals surface area contributed by atoms with Gasteiger partial charge in [0.05, 0.1) is 14.2 Å². The van der Waals surface area contributed by atoms with Crippen molar-refractivity contribution in [3.63, 3.8) is 0 Å². The minimum atomic E-state index is -0.987. The number of carbonyl (C=O) groups is 1. The van der Waals surface area contributed by atoms with Gasteiger partial charge in [-0.25, -0.2) is 4.79 Å². The summed E-state index contributed by atoms with van der Waals surface area (Å²) in [5, 5.41) is 9.39. The molecule has 1 N–H and O–H groups in total. The van der Waals surface area contributed by atoms with Gasteiger partial charge in [-0.1, -0.05) is 13.8 Å². The van der Waals surface area contributed by atoms with Gasteiger partial charge in [-0.2, -0.15) is 0 Å². The highest BCUT2D eigenvalue weighted by Gasteiger charge is 2.31. The van der Waals surface area contributed by atoms with Crippen molar-refractivity contribution in [3.8, 4) is 11.5 Å². The Kier molecular flexibility index (Phi) is 4.73. The molecule has 0 aliphatic carbocycles. The number of nitrogens with zero attached hydrogens (tertiary/aromatic N) is 1. The Morgan fingerprint density at radius 2 is 2.05 bits per heavy atom. The number of rotatable bonds is 5. The zero-order valence-corrected chi connectivity index (χ0v) is 13.1. The molecule has 1 aliphatic heterocycles. The molecule has 1 aromatic carbocycles. The minimum Gasteiger partial charge on any atom is -0.496 e. The van der Waals surface area contributed by atoms with Crippen LogP contribution in [0.5, 0.6) is 11.5 Å². The lowest BCUT2D eigenvalue weighted by molar-refractivity contribution is 0.0692. The second-order valence-electron chi connectivity index (χ2n) is 5.25. The second kappa shape index (κ2) is 6.35. The lowest BCUT2D eigenvalue weighted by Crippen LogP contribution is -2.40. The number of fused-ring (bicyclic) bond motifs is 1. The summed E-state index contributed by atoms with van der Waals surface area (Å²) in [7, 11) is 3.11. The summed E-state index contributed by atoms with van der Waals surface area (Å²) in [5.74, 6) is 0.127. The second-order valence-corrected chi connectivity index (χ2v) is 5.25. The van der Waals surface area contributed by atoms with E-state index in [0.29, 0.717) is 17.5 Å². The van der Waals surface area contributed by atoms with Crippen LogP contribution in [-0.2, 0) is 13.0 Å². The molecular weight excluding hydrogens is 270 g/mol. The van der Waals surface area contributed by atoms with Crippen molar-refractivity contribution in [2.24, 2.45) is 0 Å². The van der Waals surface area contributed by atoms with Gasteiger partial charge in [0.15, 0.2) is 0 Å². The first-order valence-electron chi connectivity index (χ1n) is 7.31. The lowest BCUT2D eigenvalue weighted by Gasteiger charge is -2.37. The summed E-state index contributed by atoms with van der Waals surface area (Å²) in [6.45, 7) is 6.03. The van der Waals surface area contributed by atoms with E-state index >= 15 is 0 Å². The highest BCUT2D eigenvalue weighted by Crippen LogP contribution is 2.40. The number of likely N-dealkylation sites (N-methyl/N-ethyl adjacent to an activating group) is 1. The third-order valence-corrected chi connectivity index (χ3v) is 4.31. The fourth-order valence-electron chi connectivity index (χ4n) is 3.16. The molecule has 21 heavy (non-hydrogen) atoms. The van der Waals surface area contributed by atoms with E-state index in [0.717, 1.165) is 37.1 Å². The maximum Gasteiger partial charge on any atom is 0.339 e. The van der Waals surface area contributed by atoms with Crippen LogP contribution in [-0.4, -0.2) is 42.8 Å². The van der Waals surface area contributed by atoms with Gasteiger partial charge in [0.2, 0.25) is 0 Å². The Labute approximate surface area is 125 Å². The average Bonchev–Trinajstić information content (AvgIpc) is 2.51. The number of benzene rings is 1. The molecule has 1 unspecified atom stereocenters. The fourth-order valence-corrected chi connectivity index (χ4v) is 3.16. The highest BCUT2D eigenvalue weighted by atomic mass is 16.5. The summed E-state index contributed by atoms with van der Waals surface area (Å²) >= 11 is 0. The van der Waals surface area contributed by atoms with Crippen LogP contribution in [0.15, 0.2) is 6.07 Å². The van der Waals surface area contributed by atoms with Crippen molar-refractivity contribution in [1.82, 2.24) is 4.90 Å². The molecule has 0 bridgehead atoms. The molecule has 0 saturated carbocycles. The third kappa shape index (κ3) is 2.70. The van der Waals surface area contributed by atoms with Gasteiger partial charge in [-0.05, 0) is 25.5 Å². The summed E-state index contributed by atoms with van der Waals surface area (Å²) < 4.78 is 10.8. The van der Waals surface area contributed by atoms with E-state index < -0.39 is 5.97 Å². The normalized spacial score (nSPS) is 18.2. The van der Waals surface area contributed by atoms with Crippen LogP contribution < -0.4 is 9.47 Å². The summed E-state index contributed by atoms with van der Waals surface area (Å²) in [6.07, 6.45) is 1.82. The van der Waals surface area contributed by atoms with E-state index in [1.165, 1.54) is 7.11 Å². The molecule has 0 radical (unpaired) electrons. The largest absolute Gasteiger partial charge is 0.496 e. The number of ether oxygens (including phenoxy) is 2. The number of hydrogen-bond acceptors (Lipinski definition) is 4. The van der Waals surface area contributed by atoms with E-state index in [1.54, 1.807) is 13.2 Å². The van der Waals surface area contributed by atoms with Gasteiger partial charge >= 0.3 is 5.97 Å². The number of aromatic carboxylic acids is 1. The first kappa shape index (κ1) is 15.6. The Hall–Kier alpha value is -1.75. The molecule has 1 heterocycles. The quantitative estimate of drug-likeness (QED) is 0.904. The SMILES string of the molecule is CCC1Cc2c(c(OC)cc(C(=O)O)c2OC)CN1CC. The number of methoxy groups -OCH3 is 2. The van der Waals surface area contributed by atoms with Crippen molar-refractivity contribution in [2.45, 2.75) is 39.3 Å². The van der Waals surface area contributed by atoms with E-state index in [9.17, 15) is 9.90 Å². The fraction of sp³-hybridized carbons (Fsp3) is 0.562. The van der Waals surface area contributed by atoms with Crippen molar-refractivity contribution >= 4 is 5.97 Å². The Bertz CT molecular complexity index is 542. The molecule has 1 aliphatic rings. The van der Waals surface area contributed by atoms with Crippen LogP contribution in [0.2, 0.25) is 0 Å². The molecular formula is C16H23NO4. The number of carboxylic acid groups (broad SMARTS) is 1. The highest BCUT2D eigenvalue weighted by molar-refractivity contribution is 5.92. The van der Waals surface area contributed by atoms with E-state index in [2.05, 4.69) is 18.7 Å². The van der Waals surface area contributed by atoms with Gasteiger partial charge in [0, 0.05) is 23.7 Å². The molecule has 0 saturated heterocycles. The Morgan fingerprint density at radius 1 is 1.33 bits per heavy atom. The van der Waals surface area contributed by atoms with Crippen LogP contribution in [0.25, 0.3) is 0 Å². The van der Waals surface area contributed by atoms with Crippen LogP contribution in [0.4, 0.5) is 0 Å². The van der Waals surface area contributed by atoms with Crippen LogP contribution >= 0.6 is 0 Å². The monoisotopic (exact) mass is 293 g/mol. The molecule has 0 aromatic heterocycles. The molecule has 5 nitrogen and oxygen atoms in total. The number of carboxylic acids is 1. The Morgan fingerprint density at radius 3 is 2.52 bits per heavy atom. The lowest BCUT2D eigenvalue weighted by atomic mass is 9.89. The van der Waals surface area contributed by atoms with Gasteiger partial charge in [0.1, 0.15) is 17.1 Å². The minimum absolute atomic E-state index is 0.174. The van der Waals surface area contributed by atoms with Crippen molar-refractivity contribution in [2.75, 3.05) is 20.8 Å². The molecule has 0 fully saturated rings. The van der Waals surface area contributed by atoms with Gasteiger partial charge in [-0.3, -0.25) is 4.90 Å². The molecule has 1 atom stereocenters. The molecule has 5 heteroatoms. The topological polar surface area (TPSA) is 59.0 Å². The molecule has 116 valence electrons. The summed E-state index contributed by atoms with van der Waals surface area (Å²) in [5.41, 5.74) is 2.20. The van der Waals surface area contributed by atoms with E-state index in [1.807, 2.05) is 0 Å². The maximum atomic E-state index is 11.5. The van der Waals surface area contributed by atoms with Crippen molar-refractivity contribution in [3.05, 3.63) is 22.8 Å². The summed E-state index contributed by atoms with van der Waals surface area (Å²) in [4.78, 5) is 13.9. The van der Waals surface area contributed by atoms with Crippen LogP contribution in [0.3, 0.4) is 0 Å². The summed E-state index contributed by atoms with van der Waals surface area (Å²) in [6, 6.07) is 1.98. The van der Waals surface area contributed by atoms with Crippen LogP contribution in [0, 0.1) is 0 Å². The van der Waals surface area contributed by atoms with E-state index in [-0.39, 0.29) is 5.56 Å². The Balaban J connectivity index is 2.62. The average molecular weight is 293 g/mol. The van der Waals surface area contributed by atoms with E-state index in [4.69, 9.17) is 9.47 Å². The van der Waals surface area contributed by atoms with Gasteiger partial charge in [-0.15, -0.1) is 0 Å². The first-order chi connectivity index (χ1) is 10.1. The van der Waals surface area contributed by atoms with Crippen molar-refractivity contribution < 1.29 is 19.4 Å². The molecule has 1 aromatic rings. The zero-order valence-electron chi connectivity index (χ0n) is 13.1. The smallest absolute Gasteiger partial charge is 0.339 e. The first-order valence-corrected chi connectivity index (χ1v) is 7.31. The van der Waals surface area contributed by atoms with Gasteiger partial charge in [0.25, 0.3) is 0 Å². The molecule has 0 spiro atoms. The van der Waals surface area contributed by atoms with Crippen molar-refractivity contribution in [1.29, 1.82) is 0 Å². The standard InChI is InChI=1S/C16H23NO4/c1-5-10-7-11-13(9-17(10)6-2)14(20-3)8-12(16(18)19)15(11)21-4/h8,10H,5-7,9H2,1-4H3,(H,18,19). The maximum absolute atomic E-state index is 11.5. The number of hydrogen-bond donors (Lipinski definition) is 1. The molecule has 0 amide bonds. The zero-order chi connectivity index (χ0) is 15.6. The third-order valence-electron chi connectivity index (χ3n) is 4.31. The molecule has 2 rings (SSSR count).